The van der Waals surface area contributed by atoms with E-state index in [0.717, 1.165) is 45.6 Å². The first-order valence-electron chi connectivity index (χ1n) is 7.99. The van der Waals surface area contributed by atoms with Crippen molar-refractivity contribution in [3.8, 4) is 0 Å². The predicted molar refractivity (Wildman–Crippen MR) is 85.5 cm³/mol. The molecule has 1 fully saturated rings. The van der Waals surface area contributed by atoms with Crippen molar-refractivity contribution in [2.24, 2.45) is 0 Å². The number of fused-ring (bicyclic) bond motifs is 1. The lowest BCUT2D eigenvalue weighted by Crippen LogP contribution is -2.47. The highest BCUT2D eigenvalue weighted by atomic mass is 32.2. The van der Waals surface area contributed by atoms with Crippen molar-refractivity contribution in [1.29, 1.82) is 0 Å². The van der Waals surface area contributed by atoms with Crippen LogP contribution in [-0.4, -0.2) is 52.2 Å². The van der Waals surface area contributed by atoms with Crippen LogP contribution in [0.15, 0.2) is 23.1 Å². The van der Waals surface area contributed by atoms with Crippen LogP contribution in [0.3, 0.4) is 0 Å². The Morgan fingerprint density at radius 3 is 2.73 bits per heavy atom. The average molecular weight is 324 g/mol. The Morgan fingerprint density at radius 2 is 1.95 bits per heavy atom. The standard InChI is InChI=1S/C16H24N2O3S/c1-13(18-7-9-21-10-8-18)12-17-22(19,20)16-6-5-14-3-2-4-15(14)11-16/h5-6,11,13,17H,2-4,7-10,12H2,1H3/t13-/m1/s1. The van der Waals surface area contributed by atoms with Crippen molar-refractivity contribution in [2.75, 3.05) is 32.8 Å². The monoisotopic (exact) mass is 324 g/mol. The Balaban J connectivity index is 1.63. The fraction of sp³-hybridized carbons (Fsp3) is 0.625. The fourth-order valence-electron chi connectivity index (χ4n) is 3.18. The van der Waals surface area contributed by atoms with Crippen LogP contribution in [0.25, 0.3) is 0 Å². The zero-order valence-corrected chi connectivity index (χ0v) is 13.9. The molecular formula is C16H24N2O3S. The molecule has 5 nitrogen and oxygen atoms in total. The van der Waals surface area contributed by atoms with Gasteiger partial charge in [-0.25, -0.2) is 13.1 Å². The minimum atomic E-state index is -3.42. The third-order valence-corrected chi connectivity index (χ3v) is 6.04. The first-order valence-corrected chi connectivity index (χ1v) is 9.48. The lowest BCUT2D eigenvalue weighted by Gasteiger charge is -2.32. The number of aryl methyl sites for hydroxylation is 2. The summed E-state index contributed by atoms with van der Waals surface area (Å²) in [5.74, 6) is 0. The van der Waals surface area contributed by atoms with E-state index in [9.17, 15) is 8.42 Å². The normalized spacial score (nSPS) is 20.8. The molecule has 122 valence electrons. The van der Waals surface area contributed by atoms with Gasteiger partial charge in [-0.05, 0) is 49.4 Å². The Labute approximate surface area is 132 Å². The lowest BCUT2D eigenvalue weighted by molar-refractivity contribution is 0.0213. The zero-order chi connectivity index (χ0) is 15.6. The van der Waals surface area contributed by atoms with Crippen molar-refractivity contribution < 1.29 is 13.2 Å². The van der Waals surface area contributed by atoms with E-state index < -0.39 is 10.0 Å². The van der Waals surface area contributed by atoms with Crippen LogP contribution in [0, 0.1) is 0 Å². The summed E-state index contributed by atoms with van der Waals surface area (Å²) in [6.45, 7) is 5.66. The molecule has 0 amide bonds. The summed E-state index contributed by atoms with van der Waals surface area (Å²) in [5, 5.41) is 0. The van der Waals surface area contributed by atoms with Gasteiger partial charge in [-0.1, -0.05) is 6.07 Å². The number of sulfonamides is 1. The summed E-state index contributed by atoms with van der Waals surface area (Å²) in [6, 6.07) is 5.70. The molecule has 2 aliphatic rings. The highest BCUT2D eigenvalue weighted by molar-refractivity contribution is 7.89. The Morgan fingerprint density at radius 1 is 1.23 bits per heavy atom. The summed E-state index contributed by atoms with van der Waals surface area (Å²) in [4.78, 5) is 2.65. The second-order valence-corrected chi connectivity index (χ2v) is 7.90. The second-order valence-electron chi connectivity index (χ2n) is 6.13. The number of nitrogens with one attached hydrogen (secondary N) is 1. The quantitative estimate of drug-likeness (QED) is 0.883. The molecule has 1 aliphatic carbocycles. The molecule has 0 aromatic heterocycles. The maximum Gasteiger partial charge on any atom is 0.240 e. The molecule has 1 heterocycles. The zero-order valence-electron chi connectivity index (χ0n) is 13.0. The van der Waals surface area contributed by atoms with Crippen molar-refractivity contribution >= 4 is 10.0 Å². The highest BCUT2D eigenvalue weighted by Gasteiger charge is 2.21. The summed E-state index contributed by atoms with van der Waals surface area (Å²) >= 11 is 0. The Bertz CT molecular complexity index is 624. The van der Waals surface area contributed by atoms with E-state index in [1.807, 2.05) is 12.1 Å². The summed E-state index contributed by atoms with van der Waals surface area (Å²) in [5.41, 5.74) is 2.48. The van der Waals surface area contributed by atoms with Crippen LogP contribution in [0.5, 0.6) is 0 Å². The molecule has 22 heavy (non-hydrogen) atoms. The summed E-state index contributed by atoms with van der Waals surface area (Å²) < 4.78 is 33.0. The smallest absolute Gasteiger partial charge is 0.240 e. The van der Waals surface area contributed by atoms with Crippen LogP contribution >= 0.6 is 0 Å². The Kier molecular flexibility index (Phi) is 4.82. The van der Waals surface area contributed by atoms with Crippen LogP contribution in [0.4, 0.5) is 0 Å². The van der Waals surface area contributed by atoms with E-state index in [1.165, 1.54) is 11.1 Å². The van der Waals surface area contributed by atoms with E-state index in [4.69, 9.17) is 4.74 Å². The third kappa shape index (κ3) is 3.51. The number of nitrogens with zero attached hydrogens (tertiary/aromatic N) is 1. The van der Waals surface area contributed by atoms with Gasteiger partial charge in [-0.3, -0.25) is 4.90 Å². The number of morpholine rings is 1. The molecule has 0 saturated carbocycles. The SMILES string of the molecule is C[C@H](CNS(=O)(=O)c1ccc2c(c1)CCC2)N1CCOCC1. The molecule has 1 atom stereocenters. The molecule has 0 radical (unpaired) electrons. The molecule has 3 rings (SSSR count). The molecule has 1 saturated heterocycles. The predicted octanol–water partition coefficient (Wildman–Crippen LogP) is 1.17. The molecule has 0 bridgehead atoms. The largest absolute Gasteiger partial charge is 0.379 e. The van der Waals surface area contributed by atoms with E-state index in [1.54, 1.807) is 6.07 Å². The van der Waals surface area contributed by atoms with E-state index >= 15 is 0 Å². The summed E-state index contributed by atoms with van der Waals surface area (Å²) in [7, 11) is -3.42. The topological polar surface area (TPSA) is 58.6 Å². The van der Waals surface area contributed by atoms with Gasteiger partial charge in [0.25, 0.3) is 0 Å². The van der Waals surface area contributed by atoms with Gasteiger partial charge in [-0.15, -0.1) is 0 Å². The van der Waals surface area contributed by atoms with Gasteiger partial charge in [0, 0.05) is 25.7 Å². The van der Waals surface area contributed by atoms with Crippen LogP contribution in [0.2, 0.25) is 0 Å². The van der Waals surface area contributed by atoms with Crippen LogP contribution < -0.4 is 4.72 Å². The van der Waals surface area contributed by atoms with Gasteiger partial charge >= 0.3 is 0 Å². The van der Waals surface area contributed by atoms with E-state index in [2.05, 4.69) is 16.5 Å². The third-order valence-electron chi connectivity index (χ3n) is 4.62. The first kappa shape index (κ1) is 15.9. The molecule has 6 heteroatoms. The molecule has 1 aromatic rings. The van der Waals surface area contributed by atoms with Crippen molar-refractivity contribution in [1.82, 2.24) is 9.62 Å². The first-order chi connectivity index (χ1) is 10.6. The fourth-order valence-corrected chi connectivity index (χ4v) is 4.35. The van der Waals surface area contributed by atoms with Crippen molar-refractivity contribution in [2.45, 2.75) is 37.1 Å². The number of rotatable bonds is 5. The minimum Gasteiger partial charge on any atom is -0.379 e. The number of benzene rings is 1. The van der Waals surface area contributed by atoms with Gasteiger partial charge in [0.2, 0.25) is 10.0 Å². The molecule has 1 N–H and O–H groups in total. The minimum absolute atomic E-state index is 0.174. The van der Waals surface area contributed by atoms with Crippen LogP contribution in [-0.2, 0) is 27.6 Å². The van der Waals surface area contributed by atoms with Gasteiger partial charge in [0.05, 0.1) is 18.1 Å². The van der Waals surface area contributed by atoms with Gasteiger partial charge in [0.15, 0.2) is 0 Å². The molecular weight excluding hydrogens is 300 g/mol. The van der Waals surface area contributed by atoms with Crippen molar-refractivity contribution in [3.63, 3.8) is 0 Å². The number of hydrogen-bond donors (Lipinski definition) is 1. The molecule has 1 aliphatic heterocycles. The van der Waals surface area contributed by atoms with Crippen molar-refractivity contribution in [3.05, 3.63) is 29.3 Å². The van der Waals surface area contributed by atoms with Gasteiger partial charge < -0.3 is 4.74 Å². The van der Waals surface area contributed by atoms with E-state index in [0.29, 0.717) is 11.4 Å². The van der Waals surface area contributed by atoms with Gasteiger partial charge in [0.1, 0.15) is 0 Å². The highest BCUT2D eigenvalue weighted by Crippen LogP contribution is 2.24. The van der Waals surface area contributed by atoms with E-state index in [-0.39, 0.29) is 6.04 Å². The molecule has 0 unspecified atom stereocenters. The second kappa shape index (κ2) is 6.66. The number of hydrogen-bond acceptors (Lipinski definition) is 4. The Hall–Kier alpha value is -0.950. The maximum atomic E-state index is 12.5. The lowest BCUT2D eigenvalue weighted by atomic mass is 10.1. The molecule has 0 spiro atoms. The average Bonchev–Trinajstić information content (AvgIpc) is 3.01. The van der Waals surface area contributed by atoms with Crippen LogP contribution in [0.1, 0.15) is 24.5 Å². The van der Waals surface area contributed by atoms with Gasteiger partial charge in [-0.2, -0.15) is 0 Å². The summed E-state index contributed by atoms with van der Waals surface area (Å²) in [6.07, 6.45) is 3.18. The molecule has 1 aromatic carbocycles. The maximum absolute atomic E-state index is 12.5. The number of ether oxygens (including phenoxy) is 1.